The third kappa shape index (κ3) is 4.87. The summed E-state index contributed by atoms with van der Waals surface area (Å²) in [6.45, 7) is 1.09. The monoisotopic (exact) mass is 342 g/mol. The summed E-state index contributed by atoms with van der Waals surface area (Å²) in [6, 6.07) is 3.18. The number of nitrogens with one attached hydrogen (secondary N) is 1. The summed E-state index contributed by atoms with van der Waals surface area (Å²) in [5.41, 5.74) is 0.235. The molecule has 1 aliphatic rings. The maximum atomic E-state index is 11.9. The van der Waals surface area contributed by atoms with Crippen molar-refractivity contribution in [1.82, 2.24) is 15.5 Å². The van der Waals surface area contributed by atoms with E-state index in [1.807, 2.05) is 0 Å². The lowest BCUT2D eigenvalue weighted by atomic mass is 10.2. The molecule has 1 N–H and O–H groups in total. The molecule has 1 saturated heterocycles. The standard InChI is InChI=1S/C14H22N4O4S/c1-18(11-6-9-23(20,21)10-11)13-5-4-12(16-17-13)14(19)15-7-3-8-22-2/h4-5,11H,3,6-10H2,1-2H3,(H,15,19). The molecule has 0 spiro atoms. The minimum absolute atomic E-state index is 0.0944. The molecule has 0 bridgehead atoms. The maximum absolute atomic E-state index is 11.9. The van der Waals surface area contributed by atoms with Crippen LogP contribution in [0.2, 0.25) is 0 Å². The third-order valence-electron chi connectivity index (χ3n) is 3.81. The van der Waals surface area contributed by atoms with Gasteiger partial charge >= 0.3 is 0 Å². The Hall–Kier alpha value is -1.74. The molecule has 1 amide bonds. The average molecular weight is 342 g/mol. The van der Waals surface area contributed by atoms with Gasteiger partial charge in [-0.1, -0.05) is 0 Å². The van der Waals surface area contributed by atoms with Crippen LogP contribution in [0, 0.1) is 0 Å². The zero-order valence-corrected chi connectivity index (χ0v) is 14.2. The largest absolute Gasteiger partial charge is 0.385 e. The second-order valence-corrected chi connectivity index (χ2v) is 7.78. The number of methoxy groups -OCH3 is 1. The Morgan fingerprint density at radius 2 is 2.22 bits per heavy atom. The van der Waals surface area contributed by atoms with Gasteiger partial charge in [-0.15, -0.1) is 10.2 Å². The molecule has 9 heteroatoms. The maximum Gasteiger partial charge on any atom is 0.271 e. The highest BCUT2D eigenvalue weighted by Crippen LogP contribution is 2.20. The molecule has 2 rings (SSSR count). The summed E-state index contributed by atoms with van der Waals surface area (Å²) in [7, 11) is 0.452. The van der Waals surface area contributed by atoms with E-state index in [0.717, 1.165) is 6.42 Å². The highest BCUT2D eigenvalue weighted by molar-refractivity contribution is 7.91. The average Bonchev–Trinajstić information content (AvgIpc) is 2.91. The first-order valence-corrected chi connectivity index (χ1v) is 9.29. The summed E-state index contributed by atoms with van der Waals surface area (Å²) < 4.78 is 28.0. The van der Waals surface area contributed by atoms with E-state index in [0.29, 0.717) is 25.4 Å². The quantitative estimate of drug-likeness (QED) is 0.689. The van der Waals surface area contributed by atoms with E-state index >= 15 is 0 Å². The van der Waals surface area contributed by atoms with Gasteiger partial charge in [0.2, 0.25) is 0 Å². The van der Waals surface area contributed by atoms with E-state index in [9.17, 15) is 13.2 Å². The molecule has 0 aliphatic carbocycles. The minimum atomic E-state index is -2.95. The van der Waals surface area contributed by atoms with Crippen molar-refractivity contribution >= 4 is 21.6 Å². The number of hydrogen-bond acceptors (Lipinski definition) is 7. The van der Waals surface area contributed by atoms with Crippen LogP contribution in [0.4, 0.5) is 5.82 Å². The predicted molar refractivity (Wildman–Crippen MR) is 86.3 cm³/mol. The van der Waals surface area contributed by atoms with Crippen molar-refractivity contribution in [2.75, 3.05) is 43.7 Å². The topological polar surface area (TPSA) is 101 Å². The van der Waals surface area contributed by atoms with Gasteiger partial charge < -0.3 is 15.0 Å². The molecule has 23 heavy (non-hydrogen) atoms. The molecule has 8 nitrogen and oxygen atoms in total. The number of carbonyl (C=O) groups excluding carboxylic acids is 1. The van der Waals surface area contributed by atoms with Crippen molar-refractivity contribution in [2.45, 2.75) is 18.9 Å². The third-order valence-corrected chi connectivity index (χ3v) is 5.56. The molecule has 1 fully saturated rings. The van der Waals surface area contributed by atoms with E-state index < -0.39 is 9.84 Å². The number of nitrogens with zero attached hydrogens (tertiary/aromatic N) is 3. The molecule has 1 aromatic heterocycles. The number of aromatic nitrogens is 2. The van der Waals surface area contributed by atoms with Crippen LogP contribution < -0.4 is 10.2 Å². The Balaban J connectivity index is 1.92. The van der Waals surface area contributed by atoms with Crippen molar-refractivity contribution in [1.29, 1.82) is 0 Å². The van der Waals surface area contributed by atoms with E-state index in [1.165, 1.54) is 0 Å². The van der Waals surface area contributed by atoms with Crippen molar-refractivity contribution in [3.63, 3.8) is 0 Å². The van der Waals surface area contributed by atoms with Gasteiger partial charge in [0.1, 0.15) is 0 Å². The number of hydrogen-bond donors (Lipinski definition) is 1. The Labute approximate surface area is 136 Å². The van der Waals surface area contributed by atoms with Gasteiger partial charge in [0.05, 0.1) is 11.5 Å². The van der Waals surface area contributed by atoms with Crippen molar-refractivity contribution in [2.24, 2.45) is 0 Å². The number of rotatable bonds is 7. The number of anilines is 1. The number of ether oxygens (including phenoxy) is 1. The molecular formula is C14H22N4O4S. The molecule has 0 saturated carbocycles. The second kappa shape index (κ2) is 7.69. The molecule has 1 unspecified atom stereocenters. The van der Waals surface area contributed by atoms with Gasteiger partial charge in [0, 0.05) is 33.4 Å². The first-order chi connectivity index (χ1) is 10.9. The smallest absolute Gasteiger partial charge is 0.271 e. The van der Waals surface area contributed by atoms with E-state index in [1.54, 1.807) is 31.2 Å². The minimum Gasteiger partial charge on any atom is -0.385 e. The Morgan fingerprint density at radius 3 is 2.78 bits per heavy atom. The van der Waals surface area contributed by atoms with Gasteiger partial charge in [-0.25, -0.2) is 8.42 Å². The van der Waals surface area contributed by atoms with Crippen molar-refractivity contribution in [3.05, 3.63) is 17.8 Å². The molecule has 1 aliphatic heterocycles. The number of carbonyl (C=O) groups is 1. The fraction of sp³-hybridized carbons (Fsp3) is 0.643. The summed E-state index contributed by atoms with van der Waals surface area (Å²) in [5, 5.41) is 10.7. The van der Waals surface area contributed by atoms with Crippen LogP contribution in [0.1, 0.15) is 23.3 Å². The van der Waals surface area contributed by atoms with Crippen LogP contribution >= 0.6 is 0 Å². The SMILES string of the molecule is COCCCNC(=O)c1ccc(N(C)C2CCS(=O)(=O)C2)nn1. The van der Waals surface area contributed by atoms with Crippen LogP contribution in [0.3, 0.4) is 0 Å². The molecular weight excluding hydrogens is 320 g/mol. The highest BCUT2D eigenvalue weighted by atomic mass is 32.2. The van der Waals surface area contributed by atoms with Crippen LogP contribution in [0.5, 0.6) is 0 Å². The number of amides is 1. The molecule has 128 valence electrons. The highest BCUT2D eigenvalue weighted by Gasteiger charge is 2.31. The van der Waals surface area contributed by atoms with E-state index in [2.05, 4.69) is 15.5 Å². The summed E-state index contributed by atoms with van der Waals surface area (Å²) in [5.74, 6) is 0.610. The van der Waals surface area contributed by atoms with Gasteiger partial charge in [0.15, 0.2) is 21.3 Å². The number of sulfone groups is 1. The lowest BCUT2D eigenvalue weighted by Crippen LogP contribution is -2.33. The fourth-order valence-electron chi connectivity index (χ4n) is 2.41. The van der Waals surface area contributed by atoms with E-state index in [-0.39, 0.29) is 29.1 Å². The first kappa shape index (κ1) is 17.6. The van der Waals surface area contributed by atoms with Crippen LogP contribution in [0.15, 0.2) is 12.1 Å². The van der Waals surface area contributed by atoms with Gasteiger partial charge in [-0.05, 0) is 25.0 Å². The summed E-state index contributed by atoms with van der Waals surface area (Å²) >= 11 is 0. The van der Waals surface area contributed by atoms with E-state index in [4.69, 9.17) is 4.74 Å². The van der Waals surface area contributed by atoms with Crippen LogP contribution in [-0.4, -0.2) is 69.4 Å². The molecule has 1 atom stereocenters. The van der Waals surface area contributed by atoms with Crippen molar-refractivity contribution in [3.8, 4) is 0 Å². The Morgan fingerprint density at radius 1 is 1.43 bits per heavy atom. The molecule has 1 aromatic rings. The zero-order chi connectivity index (χ0) is 16.9. The normalized spacial score (nSPS) is 19.5. The van der Waals surface area contributed by atoms with Gasteiger partial charge in [0.25, 0.3) is 5.91 Å². The van der Waals surface area contributed by atoms with Crippen LogP contribution in [0.25, 0.3) is 0 Å². The summed E-state index contributed by atoms with van der Waals surface area (Å²) in [6.07, 6.45) is 1.31. The molecule has 0 aromatic carbocycles. The predicted octanol–water partition coefficient (Wildman–Crippen LogP) is -0.134. The molecule has 2 heterocycles. The Kier molecular flexibility index (Phi) is 5.89. The fourth-order valence-corrected chi connectivity index (χ4v) is 4.19. The van der Waals surface area contributed by atoms with Crippen molar-refractivity contribution < 1.29 is 17.9 Å². The first-order valence-electron chi connectivity index (χ1n) is 7.47. The van der Waals surface area contributed by atoms with Gasteiger partial charge in [-0.3, -0.25) is 4.79 Å². The lowest BCUT2D eigenvalue weighted by molar-refractivity contribution is 0.0942. The second-order valence-electron chi connectivity index (χ2n) is 5.55. The summed E-state index contributed by atoms with van der Waals surface area (Å²) in [4.78, 5) is 13.7. The zero-order valence-electron chi connectivity index (χ0n) is 13.4. The van der Waals surface area contributed by atoms with Crippen LogP contribution in [-0.2, 0) is 14.6 Å². The Bertz CT molecular complexity index is 633. The molecule has 0 radical (unpaired) electrons. The lowest BCUT2D eigenvalue weighted by Gasteiger charge is -2.23. The van der Waals surface area contributed by atoms with Gasteiger partial charge in [-0.2, -0.15) is 0 Å².